The van der Waals surface area contributed by atoms with Crippen molar-refractivity contribution in [2.45, 2.75) is 59.3 Å². The first-order valence-electron chi connectivity index (χ1n) is 7.51. The molecule has 106 valence electrons. The van der Waals surface area contributed by atoms with E-state index in [1.807, 2.05) is 13.0 Å². The maximum absolute atomic E-state index is 12.0. The average molecular weight is 262 g/mol. The van der Waals surface area contributed by atoms with Gasteiger partial charge in [0.2, 0.25) is 0 Å². The second kappa shape index (κ2) is 8.73. The van der Waals surface area contributed by atoms with Crippen LogP contribution in [0.5, 0.6) is 0 Å². The first-order valence-corrected chi connectivity index (χ1v) is 7.51. The summed E-state index contributed by atoms with van der Waals surface area (Å²) < 4.78 is 5.17. The standard InChI is InChI=1S/C17H26O2/c1-4-7-9-14-11-12-15(10-8-5-2)16(13-14)17(18)19-6-3/h11-13H,4-10H2,1-3H3. The highest BCUT2D eigenvalue weighted by atomic mass is 16.5. The number of aryl methyl sites for hydroxylation is 2. The van der Waals surface area contributed by atoms with Gasteiger partial charge in [-0.05, 0) is 49.8 Å². The molecule has 0 N–H and O–H groups in total. The SMILES string of the molecule is CCCCc1ccc(CCCC)c(C(=O)OCC)c1. The Bertz CT molecular complexity index is 396. The highest BCUT2D eigenvalue weighted by Gasteiger charge is 2.13. The summed E-state index contributed by atoms with van der Waals surface area (Å²) in [5.74, 6) is -0.174. The molecule has 1 aromatic rings. The Morgan fingerprint density at radius 2 is 1.74 bits per heavy atom. The highest BCUT2D eigenvalue weighted by molar-refractivity contribution is 5.91. The molecule has 0 unspecified atom stereocenters. The largest absolute Gasteiger partial charge is 0.462 e. The molecule has 2 heteroatoms. The second-order valence-corrected chi connectivity index (χ2v) is 4.92. The molecule has 0 aromatic heterocycles. The van der Waals surface area contributed by atoms with Gasteiger partial charge in [0.1, 0.15) is 0 Å². The Morgan fingerprint density at radius 3 is 2.37 bits per heavy atom. The van der Waals surface area contributed by atoms with Crippen molar-refractivity contribution in [3.63, 3.8) is 0 Å². The quantitative estimate of drug-likeness (QED) is 0.642. The van der Waals surface area contributed by atoms with Crippen molar-refractivity contribution < 1.29 is 9.53 Å². The van der Waals surface area contributed by atoms with Gasteiger partial charge >= 0.3 is 5.97 Å². The molecule has 0 aliphatic heterocycles. The van der Waals surface area contributed by atoms with Crippen molar-refractivity contribution >= 4 is 5.97 Å². The van der Waals surface area contributed by atoms with Crippen LogP contribution in [0.1, 0.15) is 67.9 Å². The van der Waals surface area contributed by atoms with E-state index in [1.165, 1.54) is 12.0 Å². The van der Waals surface area contributed by atoms with Gasteiger partial charge in [0.05, 0.1) is 12.2 Å². The smallest absolute Gasteiger partial charge is 0.338 e. The van der Waals surface area contributed by atoms with Crippen molar-refractivity contribution in [3.05, 3.63) is 34.9 Å². The summed E-state index contributed by atoms with van der Waals surface area (Å²) in [4.78, 5) is 12.0. The number of carbonyl (C=O) groups excluding carboxylic acids is 1. The molecule has 19 heavy (non-hydrogen) atoms. The fraction of sp³-hybridized carbons (Fsp3) is 0.588. The predicted molar refractivity (Wildman–Crippen MR) is 79.6 cm³/mol. The van der Waals surface area contributed by atoms with Crippen LogP contribution in [0.4, 0.5) is 0 Å². The zero-order chi connectivity index (χ0) is 14.1. The fourth-order valence-electron chi connectivity index (χ4n) is 2.14. The molecule has 0 aliphatic rings. The van der Waals surface area contributed by atoms with Crippen LogP contribution in [0.3, 0.4) is 0 Å². The topological polar surface area (TPSA) is 26.3 Å². The van der Waals surface area contributed by atoms with E-state index in [9.17, 15) is 4.79 Å². The zero-order valence-electron chi connectivity index (χ0n) is 12.5. The number of carbonyl (C=O) groups is 1. The number of unbranched alkanes of at least 4 members (excludes halogenated alkanes) is 2. The molecule has 1 rings (SSSR count). The van der Waals surface area contributed by atoms with Crippen molar-refractivity contribution in [2.24, 2.45) is 0 Å². The van der Waals surface area contributed by atoms with Gasteiger partial charge in [-0.1, -0.05) is 38.8 Å². The van der Waals surface area contributed by atoms with Gasteiger partial charge < -0.3 is 4.74 Å². The van der Waals surface area contributed by atoms with Gasteiger partial charge in [-0.15, -0.1) is 0 Å². The average Bonchev–Trinajstić information content (AvgIpc) is 2.43. The Balaban J connectivity index is 2.92. The van der Waals surface area contributed by atoms with E-state index in [0.29, 0.717) is 6.61 Å². The Morgan fingerprint density at radius 1 is 1.05 bits per heavy atom. The molecule has 0 amide bonds. The maximum Gasteiger partial charge on any atom is 0.338 e. The van der Waals surface area contributed by atoms with E-state index in [-0.39, 0.29) is 5.97 Å². The Labute approximate surface area is 117 Å². The lowest BCUT2D eigenvalue weighted by Crippen LogP contribution is -2.09. The Hall–Kier alpha value is -1.31. The summed E-state index contributed by atoms with van der Waals surface area (Å²) in [6.45, 7) is 6.64. The number of hydrogen-bond acceptors (Lipinski definition) is 2. The maximum atomic E-state index is 12.0. The van der Waals surface area contributed by atoms with E-state index in [4.69, 9.17) is 4.74 Å². The van der Waals surface area contributed by atoms with Crippen LogP contribution < -0.4 is 0 Å². The fourth-order valence-corrected chi connectivity index (χ4v) is 2.14. The van der Waals surface area contributed by atoms with E-state index in [0.717, 1.165) is 43.2 Å². The predicted octanol–water partition coefficient (Wildman–Crippen LogP) is 4.55. The number of ether oxygens (including phenoxy) is 1. The van der Waals surface area contributed by atoms with Crippen LogP contribution in [0, 0.1) is 0 Å². The van der Waals surface area contributed by atoms with Gasteiger partial charge in [-0.2, -0.15) is 0 Å². The lowest BCUT2D eigenvalue weighted by atomic mass is 9.97. The van der Waals surface area contributed by atoms with Crippen molar-refractivity contribution in [1.29, 1.82) is 0 Å². The second-order valence-electron chi connectivity index (χ2n) is 4.92. The molecular formula is C17H26O2. The number of benzene rings is 1. The molecule has 0 atom stereocenters. The third-order valence-electron chi connectivity index (χ3n) is 3.29. The van der Waals surface area contributed by atoms with E-state index in [1.54, 1.807) is 0 Å². The molecular weight excluding hydrogens is 236 g/mol. The molecule has 1 aromatic carbocycles. The molecule has 0 heterocycles. The minimum absolute atomic E-state index is 0.174. The molecule has 0 saturated heterocycles. The first-order chi connectivity index (χ1) is 9.22. The van der Waals surface area contributed by atoms with Gasteiger partial charge in [0.25, 0.3) is 0 Å². The summed E-state index contributed by atoms with van der Waals surface area (Å²) in [6, 6.07) is 6.29. The van der Waals surface area contributed by atoms with Gasteiger partial charge in [-0.25, -0.2) is 4.79 Å². The minimum Gasteiger partial charge on any atom is -0.462 e. The zero-order valence-corrected chi connectivity index (χ0v) is 12.5. The molecule has 0 saturated carbocycles. The lowest BCUT2D eigenvalue weighted by molar-refractivity contribution is 0.0525. The normalized spacial score (nSPS) is 10.5. The van der Waals surface area contributed by atoms with E-state index < -0.39 is 0 Å². The molecule has 0 fully saturated rings. The van der Waals surface area contributed by atoms with Crippen LogP contribution in [0.25, 0.3) is 0 Å². The first kappa shape index (κ1) is 15.7. The van der Waals surface area contributed by atoms with Crippen LogP contribution in [-0.2, 0) is 17.6 Å². The molecule has 0 bridgehead atoms. The highest BCUT2D eigenvalue weighted by Crippen LogP contribution is 2.17. The summed E-state index contributed by atoms with van der Waals surface area (Å²) in [6.07, 6.45) is 6.58. The van der Waals surface area contributed by atoms with Crippen LogP contribution in [0.15, 0.2) is 18.2 Å². The molecule has 0 radical (unpaired) electrons. The summed E-state index contributed by atoms with van der Waals surface area (Å²) in [7, 11) is 0. The molecule has 2 nitrogen and oxygen atoms in total. The van der Waals surface area contributed by atoms with E-state index in [2.05, 4.69) is 26.0 Å². The molecule has 0 aliphatic carbocycles. The monoisotopic (exact) mass is 262 g/mol. The summed E-state index contributed by atoms with van der Waals surface area (Å²) >= 11 is 0. The van der Waals surface area contributed by atoms with Gasteiger partial charge in [0.15, 0.2) is 0 Å². The summed E-state index contributed by atoms with van der Waals surface area (Å²) in [5, 5.41) is 0. The van der Waals surface area contributed by atoms with Gasteiger partial charge in [-0.3, -0.25) is 0 Å². The van der Waals surface area contributed by atoms with Crippen LogP contribution >= 0.6 is 0 Å². The van der Waals surface area contributed by atoms with Crippen molar-refractivity contribution in [3.8, 4) is 0 Å². The van der Waals surface area contributed by atoms with Crippen molar-refractivity contribution in [2.75, 3.05) is 6.61 Å². The number of esters is 1. The Kier molecular flexibility index (Phi) is 7.24. The third kappa shape index (κ3) is 5.06. The molecule has 0 spiro atoms. The number of hydrogen-bond donors (Lipinski definition) is 0. The van der Waals surface area contributed by atoms with E-state index >= 15 is 0 Å². The third-order valence-corrected chi connectivity index (χ3v) is 3.29. The van der Waals surface area contributed by atoms with Gasteiger partial charge in [0, 0.05) is 0 Å². The lowest BCUT2D eigenvalue weighted by Gasteiger charge is -2.11. The minimum atomic E-state index is -0.174. The van der Waals surface area contributed by atoms with Crippen LogP contribution in [0.2, 0.25) is 0 Å². The number of rotatable bonds is 8. The summed E-state index contributed by atoms with van der Waals surface area (Å²) in [5.41, 5.74) is 3.13. The van der Waals surface area contributed by atoms with Crippen molar-refractivity contribution in [1.82, 2.24) is 0 Å². The van der Waals surface area contributed by atoms with Crippen LogP contribution in [-0.4, -0.2) is 12.6 Å².